The monoisotopic (exact) mass is 544 g/mol. The van der Waals surface area contributed by atoms with Crippen LogP contribution in [0.3, 0.4) is 0 Å². The molecule has 0 saturated carbocycles. The zero-order chi connectivity index (χ0) is 29.3. The van der Waals surface area contributed by atoms with Crippen LogP contribution in [0, 0.1) is 5.92 Å². The van der Waals surface area contributed by atoms with Gasteiger partial charge < -0.3 is 49.1 Å². The zero-order valence-electron chi connectivity index (χ0n) is 22.2. The topological polar surface area (TPSA) is 278 Å². The smallest absolute Gasteiger partial charge is 0.326 e. The highest BCUT2D eigenvalue weighted by atomic mass is 16.4. The summed E-state index contributed by atoms with van der Waals surface area (Å²) < 4.78 is 0. The molecule has 0 heterocycles. The summed E-state index contributed by atoms with van der Waals surface area (Å²) in [4.78, 5) is 65.2. The lowest BCUT2D eigenvalue weighted by Gasteiger charge is -2.28. The molecule has 0 rings (SSSR count). The molecule has 5 unspecified atom stereocenters. The summed E-state index contributed by atoms with van der Waals surface area (Å²) in [5, 5.41) is 26.0. The maximum Gasteiger partial charge on any atom is 0.326 e. The first kappa shape index (κ1) is 34.5. The van der Waals surface area contributed by atoms with Gasteiger partial charge in [-0.3, -0.25) is 24.2 Å². The number of hydrogen-bond donors (Lipinski definition) is 9. The van der Waals surface area contributed by atoms with E-state index in [1.165, 1.54) is 0 Å². The molecule has 0 aliphatic heterocycles. The van der Waals surface area contributed by atoms with Crippen molar-refractivity contribution in [1.29, 1.82) is 0 Å². The number of amides is 3. The van der Waals surface area contributed by atoms with Gasteiger partial charge in [-0.25, -0.2) is 4.79 Å². The molecule has 13 N–H and O–H groups in total. The standard InChI is InChI=1S/C23H44N8O7/c1-3-13(2)18(31-19(34)14(25)7-6-12-28-23(26)27)21(36)29-15(9-10-17(32)33)20(35)30-16(22(37)38)8-4-5-11-24/h13-16,18H,3-12,24-25H2,1-2H3,(H,29,36)(H,30,35)(H,31,34)(H,32,33)(H,37,38)(H4,26,27,28). The maximum absolute atomic E-state index is 13.2. The summed E-state index contributed by atoms with van der Waals surface area (Å²) in [7, 11) is 0. The van der Waals surface area contributed by atoms with E-state index in [2.05, 4.69) is 20.9 Å². The highest BCUT2D eigenvalue weighted by molar-refractivity contribution is 5.94. The molecule has 38 heavy (non-hydrogen) atoms. The third-order valence-electron chi connectivity index (χ3n) is 5.94. The minimum absolute atomic E-state index is 0.0803. The van der Waals surface area contributed by atoms with Crippen LogP contribution in [0.2, 0.25) is 0 Å². The first-order chi connectivity index (χ1) is 17.8. The molecular weight excluding hydrogens is 500 g/mol. The van der Waals surface area contributed by atoms with E-state index in [1.54, 1.807) is 13.8 Å². The highest BCUT2D eigenvalue weighted by Gasteiger charge is 2.32. The van der Waals surface area contributed by atoms with E-state index < -0.39 is 60.2 Å². The van der Waals surface area contributed by atoms with Crippen molar-refractivity contribution in [2.75, 3.05) is 13.1 Å². The Morgan fingerprint density at radius 3 is 2.00 bits per heavy atom. The summed E-state index contributed by atoms with van der Waals surface area (Å²) in [5.74, 6) is -5.06. The van der Waals surface area contributed by atoms with Gasteiger partial charge in [0.05, 0.1) is 6.04 Å². The molecule has 0 aliphatic rings. The zero-order valence-corrected chi connectivity index (χ0v) is 22.2. The second-order valence-electron chi connectivity index (χ2n) is 9.10. The lowest BCUT2D eigenvalue weighted by Crippen LogP contribution is -2.58. The lowest BCUT2D eigenvalue weighted by molar-refractivity contribution is -0.143. The van der Waals surface area contributed by atoms with Crippen molar-refractivity contribution >= 4 is 35.6 Å². The molecule has 0 radical (unpaired) electrons. The Morgan fingerprint density at radius 1 is 0.842 bits per heavy atom. The van der Waals surface area contributed by atoms with Gasteiger partial charge in [0.15, 0.2) is 5.96 Å². The lowest BCUT2D eigenvalue weighted by atomic mass is 9.96. The van der Waals surface area contributed by atoms with E-state index >= 15 is 0 Å². The Morgan fingerprint density at radius 2 is 1.47 bits per heavy atom. The number of hydrogen-bond acceptors (Lipinski definition) is 8. The number of aliphatic carboxylic acids is 2. The molecule has 0 aromatic heterocycles. The Kier molecular flexibility index (Phi) is 17.0. The number of nitrogens with one attached hydrogen (secondary N) is 3. The largest absolute Gasteiger partial charge is 0.481 e. The van der Waals surface area contributed by atoms with Gasteiger partial charge in [-0.15, -0.1) is 0 Å². The third kappa shape index (κ3) is 14.3. The number of guanidine groups is 1. The van der Waals surface area contributed by atoms with Gasteiger partial charge in [-0.2, -0.15) is 0 Å². The second-order valence-corrected chi connectivity index (χ2v) is 9.10. The second kappa shape index (κ2) is 18.7. The Balaban J connectivity index is 5.50. The fraction of sp³-hybridized carbons (Fsp3) is 0.739. The SMILES string of the molecule is CCC(C)C(NC(=O)C(N)CCCN=C(N)N)C(=O)NC(CCC(=O)O)C(=O)NC(CCCCN)C(=O)O. The van der Waals surface area contributed by atoms with Crippen molar-refractivity contribution in [2.45, 2.75) is 89.4 Å². The van der Waals surface area contributed by atoms with Crippen LogP contribution < -0.4 is 38.9 Å². The summed E-state index contributed by atoms with van der Waals surface area (Å²) in [6, 6.07) is -4.59. The number of nitrogens with zero attached hydrogens (tertiary/aromatic N) is 1. The molecule has 5 atom stereocenters. The maximum atomic E-state index is 13.2. The summed E-state index contributed by atoms with van der Waals surface area (Å²) in [5.41, 5.74) is 21.9. The Bertz CT molecular complexity index is 820. The van der Waals surface area contributed by atoms with Crippen molar-refractivity contribution in [3.63, 3.8) is 0 Å². The molecule has 0 aliphatic carbocycles. The number of carboxylic acids is 2. The van der Waals surface area contributed by atoms with Crippen LogP contribution in [0.1, 0.15) is 65.2 Å². The summed E-state index contributed by atoms with van der Waals surface area (Å²) in [6.07, 6.45) is 1.57. The predicted octanol–water partition coefficient (Wildman–Crippen LogP) is -2.05. The number of rotatable bonds is 20. The van der Waals surface area contributed by atoms with Crippen LogP contribution in [0.4, 0.5) is 0 Å². The minimum atomic E-state index is -1.34. The number of carbonyl (C=O) groups is 5. The molecule has 3 amide bonds. The fourth-order valence-electron chi connectivity index (χ4n) is 3.43. The van der Waals surface area contributed by atoms with Gasteiger partial charge in [0, 0.05) is 13.0 Å². The van der Waals surface area contributed by atoms with Crippen molar-refractivity contribution < 1.29 is 34.2 Å². The normalized spacial score (nSPS) is 14.7. The molecule has 0 bridgehead atoms. The minimum Gasteiger partial charge on any atom is -0.481 e. The quantitative estimate of drug-likeness (QED) is 0.0456. The van der Waals surface area contributed by atoms with E-state index in [-0.39, 0.29) is 37.7 Å². The van der Waals surface area contributed by atoms with Gasteiger partial charge in [0.25, 0.3) is 0 Å². The van der Waals surface area contributed by atoms with E-state index in [0.717, 1.165) is 0 Å². The molecule has 15 nitrogen and oxygen atoms in total. The molecule has 0 aromatic carbocycles. The predicted molar refractivity (Wildman–Crippen MR) is 141 cm³/mol. The third-order valence-corrected chi connectivity index (χ3v) is 5.94. The Hall–Kier alpha value is -3.46. The molecule has 0 fully saturated rings. The van der Waals surface area contributed by atoms with Crippen LogP contribution in [-0.2, 0) is 24.0 Å². The fourth-order valence-corrected chi connectivity index (χ4v) is 3.43. The van der Waals surface area contributed by atoms with Crippen molar-refractivity contribution in [3.8, 4) is 0 Å². The number of aliphatic imine (C=N–C) groups is 1. The van der Waals surface area contributed by atoms with Crippen LogP contribution in [0.15, 0.2) is 4.99 Å². The Labute approximate surface area is 222 Å². The highest BCUT2D eigenvalue weighted by Crippen LogP contribution is 2.11. The van der Waals surface area contributed by atoms with Crippen molar-refractivity contribution in [3.05, 3.63) is 0 Å². The molecule has 0 saturated heterocycles. The summed E-state index contributed by atoms with van der Waals surface area (Å²) in [6.45, 7) is 4.17. The first-order valence-electron chi connectivity index (χ1n) is 12.7. The van der Waals surface area contributed by atoms with Crippen LogP contribution >= 0.6 is 0 Å². The molecule has 0 aromatic rings. The molecule has 15 heteroatoms. The van der Waals surface area contributed by atoms with E-state index in [4.69, 9.17) is 28.0 Å². The average molecular weight is 545 g/mol. The van der Waals surface area contributed by atoms with Gasteiger partial charge >= 0.3 is 11.9 Å². The number of carboxylic acid groups (broad SMARTS) is 2. The van der Waals surface area contributed by atoms with E-state index in [1.807, 2.05) is 0 Å². The van der Waals surface area contributed by atoms with E-state index in [0.29, 0.717) is 32.2 Å². The van der Waals surface area contributed by atoms with Crippen molar-refractivity contribution in [1.82, 2.24) is 16.0 Å². The number of nitrogens with two attached hydrogens (primary N) is 4. The molecular formula is C23H44N8O7. The first-order valence-corrected chi connectivity index (χ1v) is 12.7. The van der Waals surface area contributed by atoms with Crippen LogP contribution in [-0.4, -0.2) is 83.1 Å². The van der Waals surface area contributed by atoms with Gasteiger partial charge in [0.2, 0.25) is 17.7 Å². The summed E-state index contributed by atoms with van der Waals surface area (Å²) >= 11 is 0. The number of unbranched alkanes of at least 4 members (excludes halogenated alkanes) is 1. The molecule has 0 spiro atoms. The van der Waals surface area contributed by atoms with Gasteiger partial charge in [-0.05, 0) is 51.0 Å². The van der Waals surface area contributed by atoms with Gasteiger partial charge in [0.1, 0.15) is 18.1 Å². The number of carbonyl (C=O) groups excluding carboxylic acids is 3. The van der Waals surface area contributed by atoms with Crippen LogP contribution in [0.5, 0.6) is 0 Å². The van der Waals surface area contributed by atoms with Crippen molar-refractivity contribution in [2.24, 2.45) is 33.8 Å². The van der Waals surface area contributed by atoms with Gasteiger partial charge in [-0.1, -0.05) is 20.3 Å². The van der Waals surface area contributed by atoms with E-state index in [9.17, 15) is 29.1 Å². The molecule has 218 valence electrons. The van der Waals surface area contributed by atoms with Crippen LogP contribution in [0.25, 0.3) is 0 Å². The average Bonchev–Trinajstić information content (AvgIpc) is 2.85.